The number of carbonyl (C=O) groups is 1. The molecule has 0 bridgehead atoms. The van der Waals surface area contributed by atoms with Gasteiger partial charge in [-0.3, -0.25) is 4.98 Å². The van der Waals surface area contributed by atoms with Crippen molar-refractivity contribution in [3.05, 3.63) is 36.0 Å². The summed E-state index contributed by atoms with van der Waals surface area (Å²) in [5.74, 6) is 1.13. The predicted octanol–water partition coefficient (Wildman–Crippen LogP) is 1.77. The van der Waals surface area contributed by atoms with Crippen LogP contribution in [0.2, 0.25) is 0 Å². The summed E-state index contributed by atoms with van der Waals surface area (Å²) in [5, 5.41) is 8.94. The largest absolute Gasteiger partial charge is 0.465 e. The molecule has 92 valence electrons. The Balaban J connectivity index is 1.92. The lowest BCUT2D eigenvalue weighted by Gasteiger charge is -2.21. The number of fused-ring (bicyclic) bond motifs is 1. The first-order valence-electron chi connectivity index (χ1n) is 5.61. The summed E-state index contributed by atoms with van der Waals surface area (Å²) in [6.45, 7) is 0.722. The molecular formula is C12H11N3O3. The highest BCUT2D eigenvalue weighted by Gasteiger charge is 2.25. The molecule has 3 rings (SSSR count). The van der Waals surface area contributed by atoms with Crippen molar-refractivity contribution in [2.75, 3.05) is 6.54 Å². The molecule has 0 saturated heterocycles. The number of pyridine rings is 1. The molecule has 0 atom stereocenters. The van der Waals surface area contributed by atoms with E-state index in [4.69, 9.17) is 9.52 Å². The fourth-order valence-electron chi connectivity index (χ4n) is 1.97. The molecule has 6 nitrogen and oxygen atoms in total. The fourth-order valence-corrected chi connectivity index (χ4v) is 1.97. The number of nitrogens with zero attached hydrogens (tertiary/aromatic N) is 3. The van der Waals surface area contributed by atoms with Gasteiger partial charge in [0, 0.05) is 25.4 Å². The van der Waals surface area contributed by atoms with Crippen molar-refractivity contribution in [3.63, 3.8) is 0 Å². The van der Waals surface area contributed by atoms with E-state index < -0.39 is 6.09 Å². The molecule has 0 saturated carbocycles. The quantitative estimate of drug-likeness (QED) is 0.828. The number of aromatic nitrogens is 2. The molecule has 0 spiro atoms. The molecule has 0 aliphatic carbocycles. The summed E-state index contributed by atoms with van der Waals surface area (Å²) in [6.07, 6.45) is 3.01. The van der Waals surface area contributed by atoms with Crippen LogP contribution in [0.15, 0.2) is 28.9 Å². The van der Waals surface area contributed by atoms with Crippen molar-refractivity contribution in [3.8, 4) is 11.5 Å². The highest BCUT2D eigenvalue weighted by Crippen LogP contribution is 2.25. The van der Waals surface area contributed by atoms with Crippen molar-refractivity contribution in [1.82, 2.24) is 14.9 Å². The van der Waals surface area contributed by atoms with Crippen LogP contribution in [0.25, 0.3) is 11.5 Å². The van der Waals surface area contributed by atoms with Crippen LogP contribution in [0.3, 0.4) is 0 Å². The van der Waals surface area contributed by atoms with Gasteiger partial charge in [0.1, 0.15) is 5.76 Å². The van der Waals surface area contributed by atoms with E-state index in [1.54, 1.807) is 12.4 Å². The summed E-state index contributed by atoms with van der Waals surface area (Å²) in [4.78, 5) is 20.6. The van der Waals surface area contributed by atoms with Crippen molar-refractivity contribution in [2.45, 2.75) is 13.0 Å². The molecular weight excluding hydrogens is 234 g/mol. The molecule has 0 radical (unpaired) electrons. The average molecular weight is 245 g/mol. The molecule has 0 aromatic carbocycles. The third-order valence-corrected chi connectivity index (χ3v) is 2.91. The van der Waals surface area contributed by atoms with E-state index in [1.807, 2.05) is 12.1 Å². The van der Waals surface area contributed by atoms with E-state index in [1.165, 1.54) is 4.90 Å². The minimum atomic E-state index is -0.931. The minimum absolute atomic E-state index is 0.262. The maximum atomic E-state index is 10.9. The second-order valence-electron chi connectivity index (χ2n) is 4.08. The Bertz CT molecular complexity index is 580. The third kappa shape index (κ3) is 1.81. The second kappa shape index (κ2) is 4.14. The van der Waals surface area contributed by atoms with E-state index in [0.29, 0.717) is 24.6 Å². The van der Waals surface area contributed by atoms with Gasteiger partial charge in [-0.1, -0.05) is 0 Å². The third-order valence-electron chi connectivity index (χ3n) is 2.91. The van der Waals surface area contributed by atoms with Crippen LogP contribution in [0.5, 0.6) is 0 Å². The lowest BCUT2D eigenvalue weighted by atomic mass is 10.2. The topological polar surface area (TPSA) is 79.5 Å². The smallest absolute Gasteiger partial charge is 0.407 e. The van der Waals surface area contributed by atoms with Crippen LogP contribution in [-0.2, 0) is 13.0 Å². The Kier molecular flexibility index (Phi) is 2.47. The van der Waals surface area contributed by atoms with Gasteiger partial charge in [0.25, 0.3) is 0 Å². The number of hydrogen-bond donors (Lipinski definition) is 1. The van der Waals surface area contributed by atoms with Gasteiger partial charge in [0.2, 0.25) is 5.89 Å². The Morgan fingerprint density at radius 3 is 3.11 bits per heavy atom. The van der Waals surface area contributed by atoms with Crippen molar-refractivity contribution in [1.29, 1.82) is 0 Å². The van der Waals surface area contributed by atoms with Crippen LogP contribution < -0.4 is 0 Å². The lowest BCUT2D eigenvalue weighted by molar-refractivity contribution is 0.135. The Morgan fingerprint density at radius 1 is 1.50 bits per heavy atom. The number of hydrogen-bond acceptors (Lipinski definition) is 4. The highest BCUT2D eigenvalue weighted by molar-refractivity contribution is 5.65. The molecule has 1 aliphatic heterocycles. The average Bonchev–Trinajstić information content (AvgIpc) is 2.82. The van der Waals surface area contributed by atoms with Gasteiger partial charge in [0.05, 0.1) is 17.8 Å². The Labute approximate surface area is 103 Å². The van der Waals surface area contributed by atoms with Crippen LogP contribution in [0.4, 0.5) is 4.79 Å². The zero-order chi connectivity index (χ0) is 12.5. The van der Waals surface area contributed by atoms with E-state index in [0.717, 1.165) is 11.3 Å². The standard InChI is InChI=1S/C12H11N3O3/c16-12(17)15-5-3-9-10(7-15)18-11(14-9)8-2-1-4-13-6-8/h1-2,4,6H,3,5,7H2,(H,16,17). The number of rotatable bonds is 1. The van der Waals surface area contributed by atoms with Gasteiger partial charge in [0.15, 0.2) is 0 Å². The minimum Gasteiger partial charge on any atom is -0.465 e. The summed E-state index contributed by atoms with van der Waals surface area (Å²) in [6, 6.07) is 3.67. The molecule has 2 aromatic heterocycles. The molecule has 6 heteroatoms. The first kappa shape index (κ1) is 10.8. The van der Waals surface area contributed by atoms with Gasteiger partial charge in [-0.15, -0.1) is 0 Å². The molecule has 0 fully saturated rings. The van der Waals surface area contributed by atoms with Gasteiger partial charge in [-0.25, -0.2) is 9.78 Å². The van der Waals surface area contributed by atoms with Crippen LogP contribution in [0.1, 0.15) is 11.5 Å². The molecule has 0 unspecified atom stereocenters. The van der Waals surface area contributed by atoms with Crippen LogP contribution >= 0.6 is 0 Å². The van der Waals surface area contributed by atoms with Gasteiger partial charge < -0.3 is 14.4 Å². The lowest BCUT2D eigenvalue weighted by Crippen LogP contribution is -2.34. The summed E-state index contributed by atoms with van der Waals surface area (Å²) in [5.41, 5.74) is 1.64. The SMILES string of the molecule is O=C(O)N1CCc2nc(-c3cccnc3)oc2C1. The van der Waals surface area contributed by atoms with Crippen molar-refractivity contribution >= 4 is 6.09 Å². The maximum absolute atomic E-state index is 10.9. The van der Waals surface area contributed by atoms with Gasteiger partial charge in [-0.05, 0) is 12.1 Å². The number of oxazole rings is 1. The molecule has 3 heterocycles. The zero-order valence-electron chi connectivity index (χ0n) is 9.54. The Morgan fingerprint density at radius 2 is 2.39 bits per heavy atom. The van der Waals surface area contributed by atoms with E-state index in [-0.39, 0.29) is 6.54 Å². The first-order chi connectivity index (χ1) is 8.74. The number of carboxylic acid groups (broad SMARTS) is 1. The summed E-state index contributed by atoms with van der Waals surface area (Å²) in [7, 11) is 0. The van der Waals surface area contributed by atoms with Crippen molar-refractivity contribution < 1.29 is 14.3 Å². The molecule has 1 N–H and O–H groups in total. The molecule has 18 heavy (non-hydrogen) atoms. The van der Waals surface area contributed by atoms with E-state index in [9.17, 15) is 4.79 Å². The van der Waals surface area contributed by atoms with Gasteiger partial charge >= 0.3 is 6.09 Å². The van der Waals surface area contributed by atoms with Crippen molar-refractivity contribution in [2.24, 2.45) is 0 Å². The fraction of sp³-hybridized carbons (Fsp3) is 0.250. The van der Waals surface area contributed by atoms with E-state index >= 15 is 0 Å². The highest BCUT2D eigenvalue weighted by atomic mass is 16.4. The summed E-state index contributed by atoms with van der Waals surface area (Å²) >= 11 is 0. The second-order valence-corrected chi connectivity index (χ2v) is 4.08. The number of amides is 1. The molecule has 1 amide bonds. The predicted molar refractivity (Wildman–Crippen MR) is 61.9 cm³/mol. The normalized spacial score (nSPS) is 14.3. The van der Waals surface area contributed by atoms with Crippen LogP contribution in [0, 0.1) is 0 Å². The zero-order valence-corrected chi connectivity index (χ0v) is 9.54. The first-order valence-corrected chi connectivity index (χ1v) is 5.61. The Hall–Kier alpha value is -2.37. The molecule has 1 aliphatic rings. The monoisotopic (exact) mass is 245 g/mol. The maximum Gasteiger partial charge on any atom is 0.407 e. The summed E-state index contributed by atoms with van der Waals surface area (Å²) < 4.78 is 5.62. The van der Waals surface area contributed by atoms with Gasteiger partial charge in [-0.2, -0.15) is 0 Å². The molecule has 2 aromatic rings. The van der Waals surface area contributed by atoms with E-state index in [2.05, 4.69) is 9.97 Å². The van der Waals surface area contributed by atoms with Crippen LogP contribution in [-0.4, -0.2) is 32.6 Å².